The van der Waals surface area contributed by atoms with Gasteiger partial charge >= 0.3 is 0 Å². The average molecular weight is 348 g/mol. The lowest BCUT2D eigenvalue weighted by Gasteiger charge is -2.11. The van der Waals surface area contributed by atoms with Crippen molar-refractivity contribution in [2.24, 2.45) is 0 Å². The lowest BCUT2D eigenvalue weighted by atomic mass is 10.2. The van der Waals surface area contributed by atoms with Crippen LogP contribution in [0.4, 0.5) is 0 Å². The molecule has 1 unspecified atom stereocenters. The Morgan fingerprint density at radius 2 is 2.26 bits per heavy atom. The third-order valence-corrected chi connectivity index (χ3v) is 5.02. The van der Waals surface area contributed by atoms with Crippen molar-refractivity contribution in [3.63, 3.8) is 0 Å². The van der Waals surface area contributed by atoms with Crippen LogP contribution in [0.1, 0.15) is 6.42 Å². The van der Waals surface area contributed by atoms with Gasteiger partial charge in [0.05, 0.1) is 11.5 Å². The van der Waals surface area contributed by atoms with Gasteiger partial charge in [-0.25, -0.2) is 8.42 Å². The van der Waals surface area contributed by atoms with Gasteiger partial charge in [-0.1, -0.05) is 22.0 Å². The molecule has 5 nitrogen and oxygen atoms in total. The zero-order valence-corrected chi connectivity index (χ0v) is 12.5. The van der Waals surface area contributed by atoms with Crippen LogP contribution in [0.5, 0.6) is 5.75 Å². The molecule has 19 heavy (non-hydrogen) atoms. The predicted octanol–water partition coefficient (Wildman–Crippen LogP) is 1.13. The second kappa shape index (κ2) is 5.92. The molecule has 1 aromatic rings. The fourth-order valence-electron chi connectivity index (χ4n) is 1.88. The molecule has 1 fully saturated rings. The molecule has 0 aliphatic carbocycles. The number of rotatable bonds is 4. The zero-order valence-electron chi connectivity index (χ0n) is 10.1. The normalized spacial score (nSPS) is 21.0. The van der Waals surface area contributed by atoms with Crippen LogP contribution in [-0.2, 0) is 14.6 Å². The molecule has 0 radical (unpaired) electrons. The zero-order chi connectivity index (χ0) is 13.9. The van der Waals surface area contributed by atoms with Gasteiger partial charge in [0.25, 0.3) is 5.91 Å². The van der Waals surface area contributed by atoms with E-state index >= 15 is 0 Å². The lowest BCUT2D eigenvalue weighted by molar-refractivity contribution is -0.123. The second-order valence-corrected chi connectivity index (χ2v) is 7.56. The summed E-state index contributed by atoms with van der Waals surface area (Å²) in [6.45, 7) is -0.118. The number of halogens is 1. The molecular formula is C12H14BrNO4S. The van der Waals surface area contributed by atoms with E-state index in [9.17, 15) is 13.2 Å². The monoisotopic (exact) mass is 347 g/mol. The number of sulfone groups is 1. The van der Waals surface area contributed by atoms with Crippen LogP contribution in [0, 0.1) is 0 Å². The fraction of sp³-hybridized carbons (Fsp3) is 0.417. The summed E-state index contributed by atoms with van der Waals surface area (Å²) in [6.07, 6.45) is 0.477. The van der Waals surface area contributed by atoms with E-state index in [0.717, 1.165) is 4.47 Å². The molecule has 1 N–H and O–H groups in total. The summed E-state index contributed by atoms with van der Waals surface area (Å²) in [5.74, 6) is 0.450. The van der Waals surface area contributed by atoms with Crippen LogP contribution in [0.3, 0.4) is 0 Å². The lowest BCUT2D eigenvalue weighted by Crippen LogP contribution is -2.38. The molecule has 1 aliphatic heterocycles. The molecule has 1 aliphatic rings. The number of hydrogen-bond acceptors (Lipinski definition) is 4. The Kier molecular flexibility index (Phi) is 4.46. The standard InChI is InChI=1S/C12H14BrNO4S/c13-9-2-1-3-11(6-9)18-7-12(15)14-10-4-5-19(16,17)8-10/h1-3,6,10H,4-5,7-8H2,(H,14,15). The number of nitrogens with one attached hydrogen (secondary N) is 1. The van der Waals surface area contributed by atoms with E-state index < -0.39 is 9.84 Å². The van der Waals surface area contributed by atoms with Gasteiger partial charge in [-0.2, -0.15) is 0 Å². The van der Waals surface area contributed by atoms with Crippen molar-refractivity contribution in [1.82, 2.24) is 5.32 Å². The Morgan fingerprint density at radius 1 is 1.47 bits per heavy atom. The van der Waals surface area contributed by atoms with Gasteiger partial charge in [0.1, 0.15) is 5.75 Å². The highest BCUT2D eigenvalue weighted by atomic mass is 79.9. The first-order valence-corrected chi connectivity index (χ1v) is 8.44. The van der Waals surface area contributed by atoms with Gasteiger partial charge in [-0.15, -0.1) is 0 Å². The van der Waals surface area contributed by atoms with Gasteiger partial charge < -0.3 is 10.1 Å². The van der Waals surface area contributed by atoms with Crippen molar-refractivity contribution < 1.29 is 17.9 Å². The SMILES string of the molecule is O=C(COc1cccc(Br)c1)NC1CCS(=O)(=O)C1. The van der Waals surface area contributed by atoms with E-state index in [-0.39, 0.29) is 30.1 Å². The first-order chi connectivity index (χ1) is 8.94. The quantitative estimate of drug-likeness (QED) is 0.886. The van der Waals surface area contributed by atoms with Crippen LogP contribution in [0.25, 0.3) is 0 Å². The van der Waals surface area contributed by atoms with E-state index in [1.165, 1.54) is 0 Å². The summed E-state index contributed by atoms with van der Waals surface area (Å²) >= 11 is 3.31. The van der Waals surface area contributed by atoms with Crippen LogP contribution in [0.15, 0.2) is 28.7 Å². The number of carbonyl (C=O) groups is 1. The van der Waals surface area contributed by atoms with Crippen molar-refractivity contribution >= 4 is 31.7 Å². The minimum atomic E-state index is -2.98. The number of carbonyl (C=O) groups excluding carboxylic acids is 1. The van der Waals surface area contributed by atoms with Crippen molar-refractivity contribution in [2.75, 3.05) is 18.1 Å². The number of ether oxygens (including phenoxy) is 1. The minimum Gasteiger partial charge on any atom is -0.484 e. The first-order valence-electron chi connectivity index (χ1n) is 5.83. The molecule has 0 spiro atoms. The molecular weight excluding hydrogens is 334 g/mol. The van der Waals surface area contributed by atoms with E-state index in [0.29, 0.717) is 12.2 Å². The topological polar surface area (TPSA) is 72.5 Å². The van der Waals surface area contributed by atoms with Crippen LogP contribution >= 0.6 is 15.9 Å². The molecule has 104 valence electrons. The Balaban J connectivity index is 1.79. The first kappa shape index (κ1) is 14.3. The molecule has 2 rings (SSSR count). The highest BCUT2D eigenvalue weighted by Gasteiger charge is 2.28. The number of benzene rings is 1. The Morgan fingerprint density at radius 3 is 2.89 bits per heavy atom. The summed E-state index contributed by atoms with van der Waals surface area (Å²) in [7, 11) is -2.98. The van der Waals surface area contributed by atoms with Crippen molar-refractivity contribution in [1.29, 1.82) is 0 Å². The summed E-state index contributed by atoms with van der Waals surface area (Å²) in [5, 5.41) is 2.66. The highest BCUT2D eigenvalue weighted by molar-refractivity contribution is 9.10. The molecule has 7 heteroatoms. The van der Waals surface area contributed by atoms with Crippen LogP contribution in [-0.4, -0.2) is 38.5 Å². The van der Waals surface area contributed by atoms with Gasteiger partial charge in [0.2, 0.25) is 0 Å². The van der Waals surface area contributed by atoms with Crippen molar-refractivity contribution in [3.05, 3.63) is 28.7 Å². The molecule has 1 atom stereocenters. The third-order valence-electron chi connectivity index (χ3n) is 2.76. The fourth-order valence-corrected chi connectivity index (χ4v) is 3.94. The number of amides is 1. The molecule has 1 amide bonds. The van der Waals surface area contributed by atoms with Gasteiger partial charge in [0.15, 0.2) is 16.4 Å². The maximum atomic E-state index is 11.6. The van der Waals surface area contributed by atoms with Crippen molar-refractivity contribution in [2.45, 2.75) is 12.5 Å². The average Bonchev–Trinajstić information content (AvgIpc) is 2.66. The summed E-state index contributed by atoms with van der Waals surface area (Å²) in [5.41, 5.74) is 0. The maximum Gasteiger partial charge on any atom is 0.258 e. The number of hydrogen-bond donors (Lipinski definition) is 1. The third kappa shape index (κ3) is 4.50. The van der Waals surface area contributed by atoms with E-state index in [1.54, 1.807) is 18.2 Å². The smallest absolute Gasteiger partial charge is 0.258 e. The van der Waals surface area contributed by atoms with Gasteiger partial charge in [-0.3, -0.25) is 4.79 Å². The largest absolute Gasteiger partial charge is 0.484 e. The highest BCUT2D eigenvalue weighted by Crippen LogP contribution is 2.17. The van der Waals surface area contributed by atoms with E-state index in [4.69, 9.17) is 4.74 Å². The van der Waals surface area contributed by atoms with E-state index in [1.807, 2.05) is 6.07 Å². The molecule has 0 saturated carbocycles. The Bertz CT molecular complexity index is 573. The van der Waals surface area contributed by atoms with Crippen LogP contribution in [0.2, 0.25) is 0 Å². The molecule has 1 heterocycles. The molecule has 0 bridgehead atoms. The second-order valence-electron chi connectivity index (χ2n) is 4.41. The summed E-state index contributed by atoms with van der Waals surface area (Å²) in [6, 6.07) is 6.88. The van der Waals surface area contributed by atoms with Crippen LogP contribution < -0.4 is 10.1 Å². The predicted molar refractivity (Wildman–Crippen MR) is 74.8 cm³/mol. The van der Waals surface area contributed by atoms with E-state index in [2.05, 4.69) is 21.2 Å². The van der Waals surface area contributed by atoms with Crippen molar-refractivity contribution in [3.8, 4) is 5.75 Å². The summed E-state index contributed by atoms with van der Waals surface area (Å²) in [4.78, 5) is 11.6. The molecule has 1 saturated heterocycles. The summed E-state index contributed by atoms with van der Waals surface area (Å²) < 4.78 is 28.7. The maximum absolute atomic E-state index is 11.6. The van der Waals surface area contributed by atoms with Gasteiger partial charge in [-0.05, 0) is 24.6 Å². The van der Waals surface area contributed by atoms with Gasteiger partial charge in [0, 0.05) is 10.5 Å². The molecule has 1 aromatic carbocycles. The minimum absolute atomic E-state index is 0.0234. The molecule has 0 aromatic heterocycles. The Labute approximate surface area is 120 Å². The Hall–Kier alpha value is -1.08.